The lowest BCUT2D eigenvalue weighted by Gasteiger charge is -2.19. The summed E-state index contributed by atoms with van der Waals surface area (Å²) in [5, 5.41) is 3.45. The lowest BCUT2D eigenvalue weighted by atomic mass is 10.1. The van der Waals surface area contributed by atoms with E-state index in [1.165, 1.54) is 0 Å². The summed E-state index contributed by atoms with van der Waals surface area (Å²) < 4.78 is 7.59. The fourth-order valence-electron chi connectivity index (χ4n) is 1.79. The van der Waals surface area contributed by atoms with E-state index < -0.39 is 0 Å². The number of hydrogen-bond donors (Lipinski definition) is 1. The van der Waals surface area contributed by atoms with Crippen LogP contribution < -0.4 is 5.32 Å². The molecule has 0 aliphatic carbocycles. The van der Waals surface area contributed by atoms with Gasteiger partial charge in [-0.05, 0) is 33.7 Å². The molecule has 104 valence electrons. The van der Waals surface area contributed by atoms with Gasteiger partial charge in [-0.3, -0.25) is 0 Å². The molecular formula is C14H22N4O. The van der Waals surface area contributed by atoms with Crippen molar-refractivity contribution in [2.24, 2.45) is 7.05 Å². The number of rotatable bonds is 5. The number of imidazole rings is 1. The Morgan fingerprint density at radius 3 is 2.74 bits per heavy atom. The second-order valence-corrected chi connectivity index (χ2v) is 5.82. The number of aromatic nitrogens is 3. The van der Waals surface area contributed by atoms with Crippen LogP contribution in [-0.2, 0) is 13.5 Å². The van der Waals surface area contributed by atoms with Gasteiger partial charge in [-0.2, -0.15) is 0 Å². The molecule has 0 spiro atoms. The summed E-state index contributed by atoms with van der Waals surface area (Å²) in [6.45, 7) is 7.46. The number of hydrogen-bond acceptors (Lipinski definition) is 4. The molecule has 1 N–H and O–H groups in total. The first kappa shape index (κ1) is 13.8. The highest BCUT2D eigenvalue weighted by molar-refractivity contribution is 5.48. The van der Waals surface area contributed by atoms with Gasteiger partial charge in [0, 0.05) is 25.2 Å². The van der Waals surface area contributed by atoms with Gasteiger partial charge in [0.1, 0.15) is 5.69 Å². The van der Waals surface area contributed by atoms with Gasteiger partial charge in [-0.15, -0.1) is 0 Å². The predicted molar refractivity (Wildman–Crippen MR) is 74.8 cm³/mol. The van der Waals surface area contributed by atoms with E-state index >= 15 is 0 Å². The fraction of sp³-hybridized carbons (Fsp3) is 0.571. The maximum atomic E-state index is 5.70. The highest BCUT2D eigenvalue weighted by Crippen LogP contribution is 2.18. The Balaban J connectivity index is 1.85. The second kappa shape index (κ2) is 5.57. The lowest BCUT2D eigenvalue weighted by molar-refractivity contribution is 0.412. The van der Waals surface area contributed by atoms with Crippen molar-refractivity contribution >= 4 is 0 Å². The number of aryl methyl sites for hydroxylation is 2. The first-order chi connectivity index (χ1) is 8.94. The first-order valence-corrected chi connectivity index (χ1v) is 6.62. The molecule has 5 heteroatoms. The number of oxazole rings is 1. The maximum absolute atomic E-state index is 5.70. The molecule has 0 aliphatic rings. The van der Waals surface area contributed by atoms with Crippen LogP contribution in [0.3, 0.4) is 0 Å². The highest BCUT2D eigenvalue weighted by atomic mass is 16.4. The summed E-state index contributed by atoms with van der Waals surface area (Å²) in [6.07, 6.45) is 7.28. The summed E-state index contributed by atoms with van der Waals surface area (Å²) >= 11 is 0. The number of nitrogens with zero attached hydrogens (tertiary/aromatic N) is 3. The molecule has 2 rings (SSSR count). The van der Waals surface area contributed by atoms with E-state index in [1.807, 2.05) is 17.8 Å². The van der Waals surface area contributed by atoms with E-state index in [1.54, 1.807) is 12.5 Å². The van der Waals surface area contributed by atoms with Gasteiger partial charge >= 0.3 is 0 Å². The largest absolute Gasteiger partial charge is 0.439 e. The maximum Gasteiger partial charge on any atom is 0.195 e. The van der Waals surface area contributed by atoms with Crippen LogP contribution >= 0.6 is 0 Å². The van der Waals surface area contributed by atoms with Crippen LogP contribution in [0.2, 0.25) is 0 Å². The molecule has 0 aliphatic heterocycles. The van der Waals surface area contributed by atoms with Gasteiger partial charge in [0.2, 0.25) is 0 Å². The van der Waals surface area contributed by atoms with Crippen LogP contribution in [0, 0.1) is 0 Å². The summed E-state index contributed by atoms with van der Waals surface area (Å²) in [7, 11) is 1.94. The van der Waals surface area contributed by atoms with Gasteiger partial charge in [-0.1, -0.05) is 0 Å². The van der Waals surface area contributed by atoms with E-state index in [2.05, 4.69) is 36.1 Å². The molecule has 0 amide bonds. The summed E-state index contributed by atoms with van der Waals surface area (Å²) in [5.74, 6) is 1.51. The van der Waals surface area contributed by atoms with Crippen molar-refractivity contribution in [2.45, 2.75) is 39.2 Å². The normalized spacial score (nSPS) is 12.0. The molecule has 2 aromatic heterocycles. The van der Waals surface area contributed by atoms with Crippen LogP contribution in [0.4, 0.5) is 0 Å². The smallest absolute Gasteiger partial charge is 0.195 e. The molecule has 0 saturated carbocycles. The summed E-state index contributed by atoms with van der Waals surface area (Å²) in [4.78, 5) is 8.54. The minimum atomic E-state index is 0.162. The zero-order chi connectivity index (χ0) is 13.9. The average molecular weight is 262 g/mol. The summed E-state index contributed by atoms with van der Waals surface area (Å²) in [5.41, 5.74) is 0.990. The van der Waals surface area contributed by atoms with E-state index in [-0.39, 0.29) is 5.54 Å². The van der Waals surface area contributed by atoms with Crippen LogP contribution in [0.1, 0.15) is 33.1 Å². The van der Waals surface area contributed by atoms with Crippen molar-refractivity contribution in [1.82, 2.24) is 19.9 Å². The van der Waals surface area contributed by atoms with Gasteiger partial charge in [-0.25, -0.2) is 9.97 Å². The predicted octanol–water partition coefficient (Wildman–Crippen LogP) is 2.40. The van der Waals surface area contributed by atoms with Crippen molar-refractivity contribution in [3.05, 3.63) is 24.6 Å². The van der Waals surface area contributed by atoms with Gasteiger partial charge in [0.25, 0.3) is 0 Å². The average Bonchev–Trinajstić information content (AvgIpc) is 2.92. The molecule has 0 bridgehead atoms. The van der Waals surface area contributed by atoms with Crippen molar-refractivity contribution in [3.8, 4) is 11.5 Å². The van der Waals surface area contributed by atoms with Crippen molar-refractivity contribution in [2.75, 3.05) is 6.54 Å². The van der Waals surface area contributed by atoms with Crippen molar-refractivity contribution < 1.29 is 4.42 Å². The zero-order valence-electron chi connectivity index (χ0n) is 12.1. The molecule has 0 saturated heterocycles. The van der Waals surface area contributed by atoms with Crippen LogP contribution in [0.5, 0.6) is 0 Å². The number of nitrogens with one attached hydrogen (secondary N) is 1. The van der Waals surface area contributed by atoms with Crippen molar-refractivity contribution in [1.29, 1.82) is 0 Å². The monoisotopic (exact) mass is 262 g/mol. The minimum absolute atomic E-state index is 0.162. The summed E-state index contributed by atoms with van der Waals surface area (Å²) in [6, 6.07) is 0. The van der Waals surface area contributed by atoms with Crippen molar-refractivity contribution in [3.63, 3.8) is 0 Å². The molecular weight excluding hydrogens is 240 g/mol. The Bertz CT molecular complexity index is 522. The van der Waals surface area contributed by atoms with Gasteiger partial charge in [0.05, 0.1) is 12.5 Å². The SMILES string of the molecule is Cn1cnc(-c2cnc(CCCNC(C)(C)C)o2)c1. The van der Waals surface area contributed by atoms with E-state index in [9.17, 15) is 0 Å². The Kier molecular flexibility index (Phi) is 4.04. The zero-order valence-corrected chi connectivity index (χ0v) is 12.1. The first-order valence-electron chi connectivity index (χ1n) is 6.62. The van der Waals surface area contributed by atoms with Gasteiger partial charge < -0.3 is 14.3 Å². The Labute approximate surface area is 114 Å². The molecule has 0 radical (unpaired) electrons. The Morgan fingerprint density at radius 1 is 1.32 bits per heavy atom. The second-order valence-electron chi connectivity index (χ2n) is 5.82. The molecule has 0 fully saturated rings. The van der Waals surface area contributed by atoms with Crippen LogP contribution in [0.25, 0.3) is 11.5 Å². The van der Waals surface area contributed by atoms with E-state index in [0.717, 1.165) is 36.7 Å². The molecule has 2 heterocycles. The van der Waals surface area contributed by atoms with E-state index in [0.29, 0.717) is 0 Å². The highest BCUT2D eigenvalue weighted by Gasteiger charge is 2.10. The third-order valence-electron chi connectivity index (χ3n) is 2.73. The third kappa shape index (κ3) is 4.21. The quantitative estimate of drug-likeness (QED) is 0.841. The van der Waals surface area contributed by atoms with Crippen LogP contribution in [0.15, 0.2) is 23.1 Å². The lowest BCUT2D eigenvalue weighted by Crippen LogP contribution is -2.36. The third-order valence-corrected chi connectivity index (χ3v) is 2.73. The van der Waals surface area contributed by atoms with Gasteiger partial charge in [0.15, 0.2) is 11.7 Å². The Morgan fingerprint density at radius 2 is 2.11 bits per heavy atom. The molecule has 5 nitrogen and oxygen atoms in total. The Hall–Kier alpha value is -1.62. The minimum Gasteiger partial charge on any atom is -0.439 e. The topological polar surface area (TPSA) is 55.9 Å². The molecule has 19 heavy (non-hydrogen) atoms. The molecule has 2 aromatic rings. The van der Waals surface area contributed by atoms with Crippen LogP contribution in [-0.4, -0.2) is 26.6 Å². The molecule has 0 unspecified atom stereocenters. The molecule has 0 aromatic carbocycles. The molecule has 0 atom stereocenters. The van der Waals surface area contributed by atoms with E-state index in [4.69, 9.17) is 4.42 Å². The fourth-order valence-corrected chi connectivity index (χ4v) is 1.79. The standard InChI is InChI=1S/C14H22N4O/c1-14(2,3)17-7-5-6-13-15-8-12(19-13)11-9-18(4)10-16-11/h8-10,17H,5-7H2,1-4H3.